The van der Waals surface area contributed by atoms with Gasteiger partial charge >= 0.3 is 0 Å². The van der Waals surface area contributed by atoms with Gasteiger partial charge in [-0.2, -0.15) is 0 Å². The molecule has 3 heterocycles. The lowest BCUT2D eigenvalue weighted by atomic mass is 10.1. The summed E-state index contributed by atoms with van der Waals surface area (Å²) in [4.78, 5) is 11.7. The highest BCUT2D eigenvalue weighted by Gasteiger charge is 2.28. The Morgan fingerprint density at radius 2 is 2.00 bits per heavy atom. The molecule has 1 aliphatic heterocycles. The fourth-order valence-corrected chi connectivity index (χ4v) is 3.85. The Kier molecular flexibility index (Phi) is 4.43. The van der Waals surface area contributed by atoms with Gasteiger partial charge in [0.25, 0.3) is 0 Å². The van der Waals surface area contributed by atoms with E-state index >= 15 is 0 Å². The van der Waals surface area contributed by atoms with Crippen LogP contribution in [0, 0.1) is 0 Å². The Morgan fingerprint density at radius 3 is 2.81 bits per heavy atom. The SMILES string of the molecule is Clc1ccc(-c2ccc(CN3CCc4nc(C5CC5)ncc4C3)o2)cc1Cl. The Hall–Kier alpha value is -1.88. The lowest BCUT2D eigenvalue weighted by molar-refractivity contribution is 0.224. The molecule has 0 amide bonds. The summed E-state index contributed by atoms with van der Waals surface area (Å²) in [6.07, 6.45) is 5.47. The van der Waals surface area contributed by atoms with Gasteiger partial charge in [-0.3, -0.25) is 4.90 Å². The molecule has 1 aromatic carbocycles. The predicted octanol–water partition coefficient (Wildman–Crippen LogP) is 5.48. The first-order valence-corrected chi connectivity index (χ1v) is 10.0. The van der Waals surface area contributed by atoms with Crippen molar-refractivity contribution in [3.05, 3.63) is 69.4 Å². The molecule has 4 nitrogen and oxygen atoms in total. The van der Waals surface area contributed by atoms with Gasteiger partial charge in [-0.15, -0.1) is 0 Å². The molecule has 1 saturated carbocycles. The van der Waals surface area contributed by atoms with E-state index in [1.807, 2.05) is 30.5 Å². The molecule has 0 atom stereocenters. The first-order chi connectivity index (χ1) is 13.2. The third-order valence-electron chi connectivity index (χ3n) is 5.22. The van der Waals surface area contributed by atoms with Crippen molar-refractivity contribution in [3.8, 4) is 11.3 Å². The van der Waals surface area contributed by atoms with Gasteiger partial charge in [0.2, 0.25) is 0 Å². The zero-order valence-corrected chi connectivity index (χ0v) is 16.3. The fraction of sp³-hybridized carbons (Fsp3) is 0.333. The fourth-order valence-electron chi connectivity index (χ4n) is 3.55. The maximum Gasteiger partial charge on any atom is 0.134 e. The minimum atomic E-state index is 0.533. The molecule has 0 radical (unpaired) electrons. The van der Waals surface area contributed by atoms with E-state index in [1.165, 1.54) is 24.1 Å². The molecule has 3 aromatic rings. The molecule has 0 spiro atoms. The molecule has 0 saturated heterocycles. The zero-order valence-electron chi connectivity index (χ0n) is 14.8. The maximum atomic E-state index is 6.11. The number of hydrogen-bond donors (Lipinski definition) is 0. The lowest BCUT2D eigenvalue weighted by Gasteiger charge is -2.27. The Labute approximate surface area is 168 Å². The van der Waals surface area contributed by atoms with E-state index in [-0.39, 0.29) is 0 Å². The molecule has 2 aromatic heterocycles. The molecule has 1 aliphatic carbocycles. The number of benzene rings is 1. The molecule has 0 bridgehead atoms. The summed E-state index contributed by atoms with van der Waals surface area (Å²) in [6.45, 7) is 2.62. The van der Waals surface area contributed by atoms with E-state index in [0.29, 0.717) is 16.0 Å². The second-order valence-corrected chi connectivity index (χ2v) is 8.14. The number of fused-ring (bicyclic) bond motifs is 1. The van der Waals surface area contributed by atoms with E-state index < -0.39 is 0 Å². The third-order valence-corrected chi connectivity index (χ3v) is 5.96. The van der Waals surface area contributed by atoms with Crippen LogP contribution in [-0.2, 0) is 19.5 Å². The highest BCUT2D eigenvalue weighted by molar-refractivity contribution is 6.42. The Morgan fingerprint density at radius 1 is 1.11 bits per heavy atom. The van der Waals surface area contributed by atoms with Gasteiger partial charge in [0.15, 0.2) is 0 Å². The number of furan rings is 1. The zero-order chi connectivity index (χ0) is 18.4. The first kappa shape index (κ1) is 17.2. The van der Waals surface area contributed by atoms with E-state index in [1.54, 1.807) is 6.07 Å². The number of rotatable bonds is 4. The van der Waals surface area contributed by atoms with E-state index in [2.05, 4.69) is 9.88 Å². The summed E-state index contributed by atoms with van der Waals surface area (Å²) in [5, 5.41) is 1.08. The van der Waals surface area contributed by atoms with Crippen molar-refractivity contribution in [1.82, 2.24) is 14.9 Å². The quantitative estimate of drug-likeness (QED) is 0.582. The Balaban J connectivity index is 1.28. The van der Waals surface area contributed by atoms with Gasteiger partial charge < -0.3 is 4.42 Å². The van der Waals surface area contributed by atoms with Crippen molar-refractivity contribution < 1.29 is 4.42 Å². The molecule has 6 heteroatoms. The number of hydrogen-bond acceptors (Lipinski definition) is 4. The highest BCUT2D eigenvalue weighted by Crippen LogP contribution is 2.38. The summed E-state index contributed by atoms with van der Waals surface area (Å²) in [7, 11) is 0. The smallest absolute Gasteiger partial charge is 0.134 e. The standard InChI is InChI=1S/C21H19Cl2N3O/c22-17-5-3-14(9-18(17)23)20-6-4-16(27-20)12-26-8-7-19-15(11-26)10-24-21(25-19)13-1-2-13/h3-6,9-10,13H,1-2,7-8,11-12H2. The van der Waals surface area contributed by atoms with Crippen LogP contribution in [0.4, 0.5) is 0 Å². The Bertz CT molecular complexity index is 997. The van der Waals surface area contributed by atoms with Crippen LogP contribution in [0.1, 0.15) is 41.6 Å². The lowest BCUT2D eigenvalue weighted by Crippen LogP contribution is -2.31. The monoisotopic (exact) mass is 399 g/mol. The average molecular weight is 400 g/mol. The van der Waals surface area contributed by atoms with E-state index in [0.717, 1.165) is 49.0 Å². The van der Waals surface area contributed by atoms with Crippen molar-refractivity contribution in [2.75, 3.05) is 6.54 Å². The predicted molar refractivity (Wildman–Crippen MR) is 106 cm³/mol. The van der Waals surface area contributed by atoms with Crippen LogP contribution in [0.15, 0.2) is 40.9 Å². The first-order valence-electron chi connectivity index (χ1n) is 9.27. The molecular weight excluding hydrogens is 381 g/mol. The van der Waals surface area contributed by atoms with Crippen molar-refractivity contribution in [3.63, 3.8) is 0 Å². The molecule has 0 N–H and O–H groups in total. The van der Waals surface area contributed by atoms with Crippen LogP contribution in [0.2, 0.25) is 10.0 Å². The van der Waals surface area contributed by atoms with Crippen LogP contribution in [0.25, 0.3) is 11.3 Å². The third kappa shape index (κ3) is 3.62. The molecule has 5 rings (SSSR count). The minimum absolute atomic E-state index is 0.533. The normalized spacial score (nSPS) is 17.1. The second-order valence-electron chi connectivity index (χ2n) is 7.33. The molecule has 0 unspecified atom stereocenters. The largest absolute Gasteiger partial charge is 0.460 e. The van der Waals surface area contributed by atoms with Crippen LogP contribution < -0.4 is 0 Å². The van der Waals surface area contributed by atoms with E-state index in [9.17, 15) is 0 Å². The molecule has 138 valence electrons. The van der Waals surface area contributed by atoms with Crippen LogP contribution in [-0.4, -0.2) is 21.4 Å². The van der Waals surface area contributed by atoms with Crippen molar-refractivity contribution >= 4 is 23.2 Å². The summed E-state index contributed by atoms with van der Waals surface area (Å²) in [5.74, 6) is 3.39. The summed E-state index contributed by atoms with van der Waals surface area (Å²) < 4.78 is 6.04. The van der Waals surface area contributed by atoms with Crippen LogP contribution in [0.3, 0.4) is 0 Å². The van der Waals surface area contributed by atoms with Gasteiger partial charge in [-0.25, -0.2) is 9.97 Å². The molecular formula is C21H19Cl2N3O. The summed E-state index contributed by atoms with van der Waals surface area (Å²) in [6, 6.07) is 9.55. The molecule has 1 fully saturated rings. The van der Waals surface area contributed by atoms with Gasteiger partial charge in [0.1, 0.15) is 17.3 Å². The summed E-state index contributed by atoms with van der Waals surface area (Å²) >= 11 is 12.1. The van der Waals surface area contributed by atoms with Crippen LogP contribution in [0.5, 0.6) is 0 Å². The molecule has 2 aliphatic rings. The maximum absolute atomic E-state index is 6.11. The van der Waals surface area contributed by atoms with Crippen LogP contribution >= 0.6 is 23.2 Å². The average Bonchev–Trinajstić information content (AvgIpc) is 3.43. The van der Waals surface area contributed by atoms with Gasteiger partial charge in [0, 0.05) is 48.4 Å². The summed E-state index contributed by atoms with van der Waals surface area (Å²) in [5.41, 5.74) is 3.39. The van der Waals surface area contributed by atoms with Crippen molar-refractivity contribution in [2.24, 2.45) is 0 Å². The van der Waals surface area contributed by atoms with Gasteiger partial charge in [0.05, 0.1) is 16.6 Å². The van der Waals surface area contributed by atoms with E-state index in [4.69, 9.17) is 32.6 Å². The highest BCUT2D eigenvalue weighted by atomic mass is 35.5. The number of aromatic nitrogens is 2. The second kappa shape index (κ2) is 6.93. The van der Waals surface area contributed by atoms with Gasteiger partial charge in [-0.1, -0.05) is 23.2 Å². The van der Waals surface area contributed by atoms with Gasteiger partial charge in [-0.05, 0) is 43.2 Å². The number of nitrogens with zero attached hydrogens (tertiary/aromatic N) is 3. The number of halogens is 2. The minimum Gasteiger partial charge on any atom is -0.460 e. The van der Waals surface area contributed by atoms with Crippen molar-refractivity contribution in [2.45, 2.75) is 38.3 Å². The molecule has 27 heavy (non-hydrogen) atoms. The van der Waals surface area contributed by atoms with Crippen molar-refractivity contribution in [1.29, 1.82) is 0 Å². The topological polar surface area (TPSA) is 42.2 Å².